The van der Waals surface area contributed by atoms with Crippen molar-refractivity contribution in [2.45, 2.75) is 25.4 Å². The fourth-order valence-electron chi connectivity index (χ4n) is 1.81. The van der Waals surface area contributed by atoms with Crippen LogP contribution in [0.2, 0.25) is 0 Å². The Morgan fingerprint density at radius 1 is 1.33 bits per heavy atom. The Kier molecular flexibility index (Phi) is 2.79. The Morgan fingerprint density at radius 2 is 2.11 bits per heavy atom. The van der Waals surface area contributed by atoms with E-state index in [2.05, 4.69) is 21.7 Å². The summed E-state index contributed by atoms with van der Waals surface area (Å²) in [5, 5.41) is 20.2. The summed E-state index contributed by atoms with van der Waals surface area (Å²) in [5.74, 6) is 0. The van der Waals surface area contributed by atoms with Crippen LogP contribution in [0.4, 0.5) is 0 Å². The van der Waals surface area contributed by atoms with Crippen molar-refractivity contribution in [2.75, 3.05) is 0 Å². The summed E-state index contributed by atoms with van der Waals surface area (Å²) in [5.41, 5.74) is 2.61. The molecule has 1 N–H and O–H groups in total. The van der Waals surface area contributed by atoms with Crippen molar-refractivity contribution in [1.82, 2.24) is 20.3 Å². The van der Waals surface area contributed by atoms with Crippen LogP contribution in [0.15, 0.2) is 30.5 Å². The predicted octanol–water partition coefficient (Wildman–Crippen LogP) is 1.39. The molecule has 0 spiro atoms. The van der Waals surface area contributed by atoms with Gasteiger partial charge in [-0.15, -0.1) is 5.10 Å². The second-order valence-electron chi connectivity index (χ2n) is 4.45. The van der Waals surface area contributed by atoms with Crippen LogP contribution in [0.25, 0.3) is 5.69 Å². The van der Waals surface area contributed by atoms with Gasteiger partial charge < -0.3 is 5.32 Å². The zero-order chi connectivity index (χ0) is 12.4. The van der Waals surface area contributed by atoms with Gasteiger partial charge in [-0.1, -0.05) is 5.21 Å². The first-order valence-electron chi connectivity index (χ1n) is 6.00. The van der Waals surface area contributed by atoms with Gasteiger partial charge in [0, 0.05) is 12.6 Å². The number of hydrogen-bond acceptors (Lipinski definition) is 4. The van der Waals surface area contributed by atoms with E-state index in [4.69, 9.17) is 5.26 Å². The molecule has 1 saturated carbocycles. The molecular weight excluding hydrogens is 226 g/mol. The van der Waals surface area contributed by atoms with Crippen LogP contribution >= 0.6 is 0 Å². The maximum absolute atomic E-state index is 8.77. The molecule has 0 saturated heterocycles. The van der Waals surface area contributed by atoms with Gasteiger partial charge in [-0.25, -0.2) is 4.68 Å². The lowest BCUT2D eigenvalue weighted by Crippen LogP contribution is -2.18. The number of rotatable bonds is 4. The Hall–Kier alpha value is -2.19. The van der Waals surface area contributed by atoms with Crippen LogP contribution < -0.4 is 5.32 Å². The first kappa shape index (κ1) is 10.9. The molecule has 5 heteroatoms. The molecule has 0 aliphatic heterocycles. The minimum absolute atomic E-state index is 0.650. The van der Waals surface area contributed by atoms with Gasteiger partial charge >= 0.3 is 0 Å². The molecule has 0 unspecified atom stereocenters. The first-order valence-corrected chi connectivity index (χ1v) is 6.00. The predicted molar refractivity (Wildman–Crippen MR) is 65.9 cm³/mol. The van der Waals surface area contributed by atoms with Crippen LogP contribution in [0.5, 0.6) is 0 Å². The van der Waals surface area contributed by atoms with Crippen LogP contribution in [0, 0.1) is 11.3 Å². The van der Waals surface area contributed by atoms with Crippen molar-refractivity contribution in [3.05, 3.63) is 41.7 Å². The number of benzene rings is 1. The maximum Gasteiger partial charge on any atom is 0.0991 e. The van der Waals surface area contributed by atoms with E-state index in [1.54, 1.807) is 23.0 Å². The minimum Gasteiger partial charge on any atom is -0.308 e. The maximum atomic E-state index is 8.77. The van der Waals surface area contributed by atoms with Crippen molar-refractivity contribution in [2.24, 2.45) is 0 Å². The second kappa shape index (κ2) is 4.59. The van der Waals surface area contributed by atoms with Gasteiger partial charge in [-0.05, 0) is 37.1 Å². The SMILES string of the molecule is N#Cc1ccc(-n2nncc2CNC2CC2)cc1. The standard InChI is InChI=1S/C13H13N5/c14-7-10-1-5-12(6-2-10)18-13(9-16-17-18)8-15-11-3-4-11/h1-2,5-6,9,11,15H,3-4,8H2. The lowest BCUT2D eigenvalue weighted by molar-refractivity contribution is 0.647. The highest BCUT2D eigenvalue weighted by Gasteiger charge is 2.20. The third-order valence-electron chi connectivity index (χ3n) is 3.01. The minimum atomic E-state index is 0.650. The van der Waals surface area contributed by atoms with E-state index in [1.807, 2.05) is 12.1 Å². The van der Waals surface area contributed by atoms with Gasteiger partial charge in [0.1, 0.15) is 0 Å². The van der Waals surface area contributed by atoms with Crippen molar-refractivity contribution in [1.29, 1.82) is 5.26 Å². The molecule has 90 valence electrons. The smallest absolute Gasteiger partial charge is 0.0991 e. The van der Waals surface area contributed by atoms with Gasteiger partial charge in [0.25, 0.3) is 0 Å². The average molecular weight is 239 g/mol. The van der Waals surface area contributed by atoms with Crippen molar-refractivity contribution in [3.63, 3.8) is 0 Å². The first-order chi connectivity index (χ1) is 8.86. The Balaban J connectivity index is 1.81. The summed E-state index contributed by atoms with van der Waals surface area (Å²) in [4.78, 5) is 0. The molecule has 1 aliphatic carbocycles. The summed E-state index contributed by atoms with van der Waals surface area (Å²) in [6.07, 6.45) is 4.30. The second-order valence-corrected chi connectivity index (χ2v) is 4.45. The lowest BCUT2D eigenvalue weighted by atomic mass is 10.2. The van der Waals surface area contributed by atoms with E-state index >= 15 is 0 Å². The summed E-state index contributed by atoms with van der Waals surface area (Å²) >= 11 is 0. The molecule has 1 aromatic carbocycles. The molecule has 1 aliphatic rings. The summed E-state index contributed by atoms with van der Waals surface area (Å²) in [7, 11) is 0. The van der Waals surface area contributed by atoms with Crippen LogP contribution in [0.3, 0.4) is 0 Å². The number of nitrogens with zero attached hydrogens (tertiary/aromatic N) is 4. The third kappa shape index (κ3) is 2.24. The summed E-state index contributed by atoms with van der Waals surface area (Å²) in [6.45, 7) is 0.775. The molecule has 1 fully saturated rings. The summed E-state index contributed by atoms with van der Waals surface area (Å²) < 4.78 is 1.80. The van der Waals surface area contributed by atoms with Gasteiger partial charge in [-0.2, -0.15) is 5.26 Å². The van der Waals surface area contributed by atoms with Crippen molar-refractivity contribution in [3.8, 4) is 11.8 Å². The number of nitriles is 1. The van der Waals surface area contributed by atoms with E-state index in [0.29, 0.717) is 11.6 Å². The van der Waals surface area contributed by atoms with Gasteiger partial charge in [-0.3, -0.25) is 0 Å². The fourth-order valence-corrected chi connectivity index (χ4v) is 1.81. The van der Waals surface area contributed by atoms with Crippen LogP contribution in [-0.2, 0) is 6.54 Å². The van der Waals surface area contributed by atoms with Gasteiger partial charge in [0.2, 0.25) is 0 Å². The van der Waals surface area contributed by atoms with Crippen molar-refractivity contribution >= 4 is 0 Å². The number of hydrogen-bond donors (Lipinski definition) is 1. The molecule has 5 nitrogen and oxygen atoms in total. The molecule has 0 amide bonds. The Bertz CT molecular complexity index is 574. The molecule has 18 heavy (non-hydrogen) atoms. The van der Waals surface area contributed by atoms with Gasteiger partial charge in [0.15, 0.2) is 0 Å². The lowest BCUT2D eigenvalue weighted by Gasteiger charge is -2.06. The molecule has 3 rings (SSSR count). The highest BCUT2D eigenvalue weighted by molar-refractivity contribution is 5.39. The van der Waals surface area contributed by atoms with Crippen molar-refractivity contribution < 1.29 is 0 Å². The zero-order valence-corrected chi connectivity index (χ0v) is 9.87. The highest BCUT2D eigenvalue weighted by Crippen LogP contribution is 2.19. The molecule has 0 bridgehead atoms. The molecule has 0 radical (unpaired) electrons. The average Bonchev–Trinajstić information content (AvgIpc) is 3.14. The fraction of sp³-hybridized carbons (Fsp3) is 0.308. The zero-order valence-electron chi connectivity index (χ0n) is 9.87. The van der Waals surface area contributed by atoms with E-state index in [0.717, 1.165) is 17.9 Å². The van der Waals surface area contributed by atoms with E-state index < -0.39 is 0 Å². The molecule has 2 aromatic rings. The van der Waals surface area contributed by atoms with E-state index in [-0.39, 0.29) is 0 Å². The molecule has 1 heterocycles. The van der Waals surface area contributed by atoms with E-state index in [1.165, 1.54) is 12.8 Å². The molecule has 1 aromatic heterocycles. The Labute approximate surface area is 105 Å². The molecular formula is C13H13N5. The van der Waals surface area contributed by atoms with E-state index in [9.17, 15) is 0 Å². The topological polar surface area (TPSA) is 66.5 Å². The molecule has 0 atom stereocenters. The van der Waals surface area contributed by atoms with Gasteiger partial charge in [0.05, 0.1) is 29.2 Å². The van der Waals surface area contributed by atoms with Crippen LogP contribution in [0.1, 0.15) is 24.1 Å². The third-order valence-corrected chi connectivity index (χ3v) is 3.01. The monoisotopic (exact) mass is 239 g/mol. The largest absolute Gasteiger partial charge is 0.308 e. The number of nitrogens with one attached hydrogen (secondary N) is 1. The quantitative estimate of drug-likeness (QED) is 0.875. The Morgan fingerprint density at radius 3 is 2.78 bits per heavy atom. The highest BCUT2D eigenvalue weighted by atomic mass is 15.4. The normalized spacial score (nSPS) is 14.4. The van der Waals surface area contributed by atoms with Crippen LogP contribution in [-0.4, -0.2) is 21.0 Å². The number of aromatic nitrogens is 3. The summed E-state index contributed by atoms with van der Waals surface area (Å²) in [6, 6.07) is 10.1.